The van der Waals surface area contributed by atoms with Crippen LogP contribution in [0.2, 0.25) is 0 Å². The molecule has 1 aliphatic carbocycles. The second kappa shape index (κ2) is 7.44. The van der Waals surface area contributed by atoms with Gasteiger partial charge in [-0.25, -0.2) is 0 Å². The molecule has 3 nitrogen and oxygen atoms in total. The van der Waals surface area contributed by atoms with E-state index in [1.54, 1.807) is 0 Å². The first-order chi connectivity index (χ1) is 9.66. The van der Waals surface area contributed by atoms with Crippen LogP contribution in [0.3, 0.4) is 0 Å². The SMILES string of the molecule is CN(CC1CCCCC1)C(=O)[C@@H](N)Cc1ccccc1. The molecule has 0 radical (unpaired) electrons. The van der Waals surface area contributed by atoms with Gasteiger partial charge in [0.25, 0.3) is 0 Å². The maximum absolute atomic E-state index is 12.3. The molecular formula is C17H26N2O. The number of rotatable bonds is 5. The Morgan fingerprint density at radius 1 is 1.25 bits per heavy atom. The molecule has 1 aromatic rings. The van der Waals surface area contributed by atoms with E-state index in [-0.39, 0.29) is 5.91 Å². The van der Waals surface area contributed by atoms with E-state index in [2.05, 4.69) is 0 Å². The molecule has 1 atom stereocenters. The molecule has 0 aliphatic heterocycles. The summed E-state index contributed by atoms with van der Waals surface area (Å²) in [4.78, 5) is 14.2. The smallest absolute Gasteiger partial charge is 0.239 e. The normalized spacial score (nSPS) is 17.7. The highest BCUT2D eigenvalue weighted by molar-refractivity contribution is 5.81. The highest BCUT2D eigenvalue weighted by atomic mass is 16.2. The number of carbonyl (C=O) groups is 1. The average Bonchev–Trinajstić information content (AvgIpc) is 2.48. The van der Waals surface area contributed by atoms with Crippen LogP contribution in [0.4, 0.5) is 0 Å². The topological polar surface area (TPSA) is 46.3 Å². The van der Waals surface area contributed by atoms with E-state index in [0.29, 0.717) is 12.3 Å². The van der Waals surface area contributed by atoms with Gasteiger partial charge in [-0.2, -0.15) is 0 Å². The van der Waals surface area contributed by atoms with Crippen molar-refractivity contribution >= 4 is 5.91 Å². The molecule has 0 unspecified atom stereocenters. The highest BCUT2D eigenvalue weighted by Crippen LogP contribution is 2.24. The van der Waals surface area contributed by atoms with Crippen molar-refractivity contribution in [3.63, 3.8) is 0 Å². The van der Waals surface area contributed by atoms with Gasteiger partial charge in [-0.15, -0.1) is 0 Å². The van der Waals surface area contributed by atoms with E-state index in [4.69, 9.17) is 5.73 Å². The van der Waals surface area contributed by atoms with Gasteiger partial charge in [-0.3, -0.25) is 4.79 Å². The average molecular weight is 274 g/mol. The number of nitrogens with two attached hydrogens (primary N) is 1. The zero-order valence-corrected chi connectivity index (χ0v) is 12.4. The lowest BCUT2D eigenvalue weighted by Crippen LogP contribution is -2.44. The standard InChI is InChI=1S/C17H26N2O/c1-19(13-15-10-6-3-7-11-15)17(20)16(18)12-14-8-4-2-5-9-14/h2,4-5,8-9,15-16H,3,6-7,10-13,18H2,1H3/t16-/m0/s1. The summed E-state index contributed by atoms with van der Waals surface area (Å²) in [6, 6.07) is 9.57. The number of benzene rings is 1. The third-order valence-corrected chi connectivity index (χ3v) is 4.25. The summed E-state index contributed by atoms with van der Waals surface area (Å²) in [5.74, 6) is 0.737. The first-order valence-electron chi connectivity index (χ1n) is 7.71. The van der Waals surface area contributed by atoms with E-state index < -0.39 is 6.04 Å². The molecule has 110 valence electrons. The lowest BCUT2D eigenvalue weighted by atomic mass is 9.89. The Hall–Kier alpha value is -1.35. The third-order valence-electron chi connectivity index (χ3n) is 4.25. The molecule has 0 heterocycles. The van der Waals surface area contributed by atoms with Gasteiger partial charge in [-0.1, -0.05) is 49.6 Å². The van der Waals surface area contributed by atoms with Crippen LogP contribution in [-0.4, -0.2) is 30.4 Å². The molecule has 1 amide bonds. The van der Waals surface area contributed by atoms with E-state index in [9.17, 15) is 4.79 Å². The van der Waals surface area contributed by atoms with Crippen molar-refractivity contribution in [2.24, 2.45) is 11.7 Å². The molecular weight excluding hydrogens is 248 g/mol. The molecule has 20 heavy (non-hydrogen) atoms. The number of hydrogen-bond donors (Lipinski definition) is 1. The summed E-state index contributed by atoms with van der Waals surface area (Å²) >= 11 is 0. The quantitative estimate of drug-likeness (QED) is 0.897. The minimum absolute atomic E-state index is 0.0689. The summed E-state index contributed by atoms with van der Waals surface area (Å²) in [7, 11) is 1.89. The van der Waals surface area contributed by atoms with E-state index in [1.807, 2.05) is 42.3 Å². The second-order valence-corrected chi connectivity index (χ2v) is 6.02. The van der Waals surface area contributed by atoms with Crippen molar-refractivity contribution in [3.05, 3.63) is 35.9 Å². The number of likely N-dealkylation sites (N-methyl/N-ethyl adjacent to an activating group) is 1. The van der Waals surface area contributed by atoms with Crippen molar-refractivity contribution in [2.45, 2.75) is 44.6 Å². The van der Waals surface area contributed by atoms with Gasteiger partial charge in [0.15, 0.2) is 0 Å². The summed E-state index contributed by atoms with van der Waals surface area (Å²) in [5, 5.41) is 0. The summed E-state index contributed by atoms with van der Waals surface area (Å²) < 4.78 is 0. The van der Waals surface area contributed by atoms with Gasteiger partial charge >= 0.3 is 0 Å². The Morgan fingerprint density at radius 2 is 1.90 bits per heavy atom. The highest BCUT2D eigenvalue weighted by Gasteiger charge is 2.22. The molecule has 0 saturated heterocycles. The summed E-state index contributed by atoms with van der Waals surface area (Å²) in [5.41, 5.74) is 7.19. The Labute approximate surface area is 122 Å². The minimum atomic E-state index is -0.425. The zero-order chi connectivity index (χ0) is 14.4. The molecule has 0 aromatic heterocycles. The molecule has 1 fully saturated rings. The van der Waals surface area contributed by atoms with Crippen LogP contribution >= 0.6 is 0 Å². The Balaban J connectivity index is 1.82. The molecule has 1 aromatic carbocycles. The van der Waals surface area contributed by atoms with Crippen LogP contribution in [0.1, 0.15) is 37.7 Å². The molecule has 2 rings (SSSR count). The second-order valence-electron chi connectivity index (χ2n) is 6.02. The van der Waals surface area contributed by atoms with Crippen molar-refractivity contribution in [2.75, 3.05) is 13.6 Å². The summed E-state index contributed by atoms with van der Waals surface area (Å²) in [6.07, 6.45) is 7.10. The fourth-order valence-electron chi connectivity index (χ4n) is 3.09. The third kappa shape index (κ3) is 4.34. The van der Waals surface area contributed by atoms with Crippen LogP contribution in [0.15, 0.2) is 30.3 Å². The predicted molar refractivity (Wildman–Crippen MR) is 82.3 cm³/mol. The molecule has 1 aliphatic rings. The van der Waals surface area contributed by atoms with Crippen molar-refractivity contribution in [3.8, 4) is 0 Å². The predicted octanol–water partition coefficient (Wildman–Crippen LogP) is 2.60. The molecule has 3 heteroatoms. The monoisotopic (exact) mass is 274 g/mol. The van der Waals surface area contributed by atoms with Crippen LogP contribution in [0.25, 0.3) is 0 Å². The first-order valence-corrected chi connectivity index (χ1v) is 7.71. The van der Waals surface area contributed by atoms with E-state index in [1.165, 1.54) is 32.1 Å². The molecule has 0 bridgehead atoms. The lowest BCUT2D eigenvalue weighted by Gasteiger charge is -2.28. The molecule has 1 saturated carbocycles. The minimum Gasteiger partial charge on any atom is -0.344 e. The van der Waals surface area contributed by atoms with Gasteiger partial charge in [0, 0.05) is 13.6 Å². The fraction of sp³-hybridized carbons (Fsp3) is 0.588. The van der Waals surface area contributed by atoms with Crippen LogP contribution in [0.5, 0.6) is 0 Å². The van der Waals surface area contributed by atoms with Crippen molar-refractivity contribution in [1.29, 1.82) is 0 Å². The number of hydrogen-bond acceptors (Lipinski definition) is 2. The van der Waals surface area contributed by atoms with Gasteiger partial charge in [-0.05, 0) is 30.7 Å². The van der Waals surface area contributed by atoms with Gasteiger partial charge in [0.2, 0.25) is 5.91 Å². The van der Waals surface area contributed by atoms with Crippen molar-refractivity contribution in [1.82, 2.24) is 4.90 Å². The summed E-state index contributed by atoms with van der Waals surface area (Å²) in [6.45, 7) is 0.862. The van der Waals surface area contributed by atoms with E-state index in [0.717, 1.165) is 12.1 Å². The van der Waals surface area contributed by atoms with Gasteiger partial charge in [0.1, 0.15) is 0 Å². The van der Waals surface area contributed by atoms with Crippen LogP contribution < -0.4 is 5.73 Å². The van der Waals surface area contributed by atoms with Crippen LogP contribution in [0, 0.1) is 5.92 Å². The van der Waals surface area contributed by atoms with Crippen LogP contribution in [-0.2, 0) is 11.2 Å². The Morgan fingerprint density at radius 3 is 2.55 bits per heavy atom. The number of amides is 1. The lowest BCUT2D eigenvalue weighted by molar-refractivity contribution is -0.132. The van der Waals surface area contributed by atoms with Gasteiger partial charge in [0.05, 0.1) is 6.04 Å². The van der Waals surface area contributed by atoms with E-state index >= 15 is 0 Å². The molecule has 0 spiro atoms. The zero-order valence-electron chi connectivity index (χ0n) is 12.4. The fourth-order valence-corrected chi connectivity index (χ4v) is 3.09. The Kier molecular flexibility index (Phi) is 5.60. The molecule has 2 N–H and O–H groups in total. The van der Waals surface area contributed by atoms with Gasteiger partial charge < -0.3 is 10.6 Å². The van der Waals surface area contributed by atoms with Crippen molar-refractivity contribution < 1.29 is 4.79 Å². The number of carbonyl (C=O) groups excluding carboxylic acids is 1. The number of nitrogens with zero attached hydrogens (tertiary/aromatic N) is 1. The Bertz CT molecular complexity index is 412. The first kappa shape index (κ1) is 15.0. The largest absolute Gasteiger partial charge is 0.344 e. The maximum Gasteiger partial charge on any atom is 0.239 e. The maximum atomic E-state index is 12.3.